The number of amides is 4. The summed E-state index contributed by atoms with van der Waals surface area (Å²) in [6.45, 7) is 5.68. The van der Waals surface area contributed by atoms with Crippen LogP contribution in [0.1, 0.15) is 41.0 Å². The van der Waals surface area contributed by atoms with E-state index in [1.165, 1.54) is 29.2 Å². The number of para-hydroxylation sites is 1. The van der Waals surface area contributed by atoms with Crippen LogP contribution in [0.3, 0.4) is 0 Å². The number of fused-ring (bicyclic) bond motifs is 4. The lowest BCUT2D eigenvalue weighted by Crippen LogP contribution is -2.53. The lowest BCUT2D eigenvalue weighted by Gasteiger charge is -2.50. The third-order valence-corrected chi connectivity index (χ3v) is 12.2. The Labute approximate surface area is 315 Å². The minimum Gasteiger partial charge on any atom is -0.507 e. The van der Waals surface area contributed by atoms with Crippen molar-refractivity contribution in [2.45, 2.75) is 37.5 Å². The van der Waals surface area contributed by atoms with Crippen molar-refractivity contribution in [2.24, 2.45) is 23.7 Å². The van der Waals surface area contributed by atoms with E-state index >= 15 is 4.79 Å². The van der Waals surface area contributed by atoms with Crippen molar-refractivity contribution in [3.05, 3.63) is 147 Å². The van der Waals surface area contributed by atoms with Gasteiger partial charge in [0.1, 0.15) is 11.6 Å². The number of carbonyl (C=O) groups is 4. The summed E-state index contributed by atoms with van der Waals surface area (Å²) in [6, 6.07) is 22.4. The summed E-state index contributed by atoms with van der Waals surface area (Å²) in [6.07, 6.45) is 4.20. The normalized spacial score (nSPS) is 26.3. The van der Waals surface area contributed by atoms with Gasteiger partial charge in [-0.15, -0.1) is 6.58 Å². The zero-order valence-electron chi connectivity index (χ0n) is 28.6. The Hall–Kier alpha value is -5.25. The zero-order valence-corrected chi connectivity index (χ0v) is 30.1. The van der Waals surface area contributed by atoms with E-state index in [1.807, 2.05) is 13.0 Å². The molecular formula is C42H34Cl2FN3O5. The molecule has 2 N–H and O–H groups in total. The number of aryl methyl sites for hydroxylation is 1. The van der Waals surface area contributed by atoms with Crippen molar-refractivity contribution < 1.29 is 28.7 Å². The molecule has 2 saturated heterocycles. The fraction of sp³-hybridized carbons (Fsp3) is 0.238. The second-order valence-electron chi connectivity index (χ2n) is 14.2. The van der Waals surface area contributed by atoms with Crippen LogP contribution < -0.4 is 10.3 Å². The van der Waals surface area contributed by atoms with Crippen LogP contribution >= 0.6 is 23.2 Å². The van der Waals surface area contributed by atoms with Crippen LogP contribution in [-0.4, -0.2) is 33.7 Å². The molecule has 4 aromatic rings. The Kier molecular flexibility index (Phi) is 8.54. The summed E-state index contributed by atoms with van der Waals surface area (Å²) in [5.41, 5.74) is 4.96. The van der Waals surface area contributed by atoms with Gasteiger partial charge in [-0.3, -0.25) is 24.6 Å². The van der Waals surface area contributed by atoms with E-state index in [0.29, 0.717) is 50.1 Å². The number of imide groups is 2. The number of allylic oxidation sites excluding steroid dienone is 3. The molecule has 268 valence electrons. The lowest BCUT2D eigenvalue weighted by molar-refractivity contribution is -0.138. The van der Waals surface area contributed by atoms with E-state index in [2.05, 4.69) is 12.0 Å². The molecule has 2 aliphatic heterocycles. The number of benzene rings is 4. The summed E-state index contributed by atoms with van der Waals surface area (Å²) in [4.78, 5) is 60.0. The topological polar surface area (TPSA) is 107 Å². The van der Waals surface area contributed by atoms with Crippen molar-refractivity contribution in [2.75, 3.05) is 10.3 Å². The molecule has 2 heterocycles. The second-order valence-corrected chi connectivity index (χ2v) is 15.0. The summed E-state index contributed by atoms with van der Waals surface area (Å²) in [5.74, 6) is -6.62. The maximum atomic E-state index is 15.3. The molecule has 4 amide bonds. The highest BCUT2D eigenvalue weighted by atomic mass is 35.5. The molecule has 0 radical (unpaired) electrons. The van der Waals surface area contributed by atoms with E-state index in [1.54, 1.807) is 66.7 Å². The van der Waals surface area contributed by atoms with Crippen LogP contribution in [0, 0.1) is 36.4 Å². The number of hydrazine groups is 1. The molecule has 6 atom stereocenters. The highest BCUT2D eigenvalue weighted by Crippen LogP contribution is 2.65. The lowest BCUT2D eigenvalue weighted by atomic mass is 9.49. The maximum absolute atomic E-state index is 15.3. The Morgan fingerprint density at radius 2 is 1.68 bits per heavy atom. The van der Waals surface area contributed by atoms with Gasteiger partial charge in [0.25, 0.3) is 11.8 Å². The maximum Gasteiger partial charge on any atom is 0.260 e. The number of anilines is 2. The third-order valence-electron chi connectivity index (χ3n) is 11.5. The fourth-order valence-corrected chi connectivity index (χ4v) is 9.44. The molecule has 2 aliphatic carbocycles. The quantitative estimate of drug-likeness (QED) is 0.146. The first-order valence-corrected chi connectivity index (χ1v) is 18.1. The van der Waals surface area contributed by atoms with Crippen molar-refractivity contribution in [1.29, 1.82) is 0 Å². The molecule has 8 nitrogen and oxygen atoms in total. The second kappa shape index (κ2) is 13.0. The van der Waals surface area contributed by atoms with Crippen LogP contribution in [0.5, 0.6) is 5.75 Å². The SMILES string of the molecule is C=CCc1cccc([C@H]2C3=CC[C@@H]4C(=O)N(c5ccc(C)c(Cl)c5)C(=O)[C@@H]4[C@@H]3C[C@H]3C(=O)N(Nc4ccc(F)cc4)C(=O)[C@@]23c2ccc(Cl)cc2)c1O. The standard InChI is InChI=1S/C42H34Cl2FN3O5/c1-3-5-23-6-4-7-31(37(23)49)36-29-18-19-30-35(40(52)47(38(30)50)28-17-8-22(2)34(44)20-28)32(29)21-33-39(51)48(46-27-15-13-26(45)14-16-27)41(53)42(33,36)24-9-11-25(43)12-10-24/h3-4,6-18,20,30,32-33,35-36,46,49H,1,5,19,21H2,2H3/t30-,32+,33-,35-,36+,42+/m0/s1. The Bertz CT molecular complexity index is 2260. The highest BCUT2D eigenvalue weighted by molar-refractivity contribution is 6.32. The molecule has 0 bridgehead atoms. The fourth-order valence-electron chi connectivity index (χ4n) is 9.14. The molecule has 1 saturated carbocycles. The molecule has 3 fully saturated rings. The van der Waals surface area contributed by atoms with Gasteiger partial charge in [-0.05, 0) is 97.3 Å². The summed E-state index contributed by atoms with van der Waals surface area (Å²) in [5, 5.41) is 13.8. The van der Waals surface area contributed by atoms with Gasteiger partial charge in [0.2, 0.25) is 11.8 Å². The number of nitrogens with zero attached hydrogens (tertiary/aromatic N) is 2. The number of phenols is 1. The van der Waals surface area contributed by atoms with Crippen molar-refractivity contribution in [3.8, 4) is 5.75 Å². The Balaban J connectivity index is 1.34. The number of hydrogen-bond acceptors (Lipinski definition) is 6. The Morgan fingerprint density at radius 1 is 0.943 bits per heavy atom. The van der Waals surface area contributed by atoms with Gasteiger partial charge >= 0.3 is 0 Å². The van der Waals surface area contributed by atoms with Crippen LogP contribution in [0.2, 0.25) is 10.0 Å². The molecular weight excluding hydrogens is 716 g/mol. The first-order chi connectivity index (χ1) is 25.5. The van der Waals surface area contributed by atoms with Gasteiger partial charge in [0.05, 0.1) is 34.5 Å². The Morgan fingerprint density at radius 3 is 2.38 bits per heavy atom. The molecule has 0 unspecified atom stereocenters. The van der Waals surface area contributed by atoms with Crippen molar-refractivity contribution in [3.63, 3.8) is 0 Å². The van der Waals surface area contributed by atoms with Gasteiger partial charge in [-0.25, -0.2) is 9.29 Å². The van der Waals surface area contributed by atoms with Crippen molar-refractivity contribution >= 4 is 58.2 Å². The number of hydrogen-bond donors (Lipinski definition) is 2. The highest BCUT2D eigenvalue weighted by Gasteiger charge is 2.70. The summed E-state index contributed by atoms with van der Waals surface area (Å²) in [7, 11) is 0. The van der Waals surface area contributed by atoms with Crippen LogP contribution in [0.15, 0.2) is 109 Å². The van der Waals surface area contributed by atoms with Gasteiger partial charge in [-0.2, -0.15) is 5.01 Å². The van der Waals surface area contributed by atoms with E-state index in [4.69, 9.17) is 23.2 Å². The first-order valence-electron chi connectivity index (χ1n) is 17.4. The number of halogens is 3. The van der Waals surface area contributed by atoms with Crippen LogP contribution in [0.25, 0.3) is 0 Å². The van der Waals surface area contributed by atoms with Gasteiger partial charge in [0.15, 0.2) is 0 Å². The molecule has 11 heteroatoms. The predicted molar refractivity (Wildman–Crippen MR) is 200 cm³/mol. The van der Waals surface area contributed by atoms with E-state index in [-0.39, 0.29) is 24.5 Å². The predicted octanol–water partition coefficient (Wildman–Crippen LogP) is 8.06. The minimum atomic E-state index is -1.62. The average Bonchev–Trinajstić information content (AvgIpc) is 3.52. The zero-order chi connectivity index (χ0) is 37.3. The summed E-state index contributed by atoms with van der Waals surface area (Å²) >= 11 is 12.8. The largest absolute Gasteiger partial charge is 0.507 e. The summed E-state index contributed by atoms with van der Waals surface area (Å²) < 4.78 is 13.9. The molecule has 53 heavy (non-hydrogen) atoms. The van der Waals surface area contributed by atoms with E-state index < -0.39 is 58.5 Å². The number of phenolic OH excluding ortho intramolecular Hbond substituents is 1. The number of aromatic hydroxyl groups is 1. The minimum absolute atomic E-state index is 0.0527. The molecule has 4 aromatic carbocycles. The van der Waals surface area contributed by atoms with Gasteiger partial charge in [0, 0.05) is 21.5 Å². The number of carbonyl (C=O) groups excluding carboxylic acids is 4. The smallest absolute Gasteiger partial charge is 0.260 e. The number of nitrogens with one attached hydrogen (secondary N) is 1. The molecule has 8 rings (SSSR count). The van der Waals surface area contributed by atoms with Crippen molar-refractivity contribution in [1.82, 2.24) is 5.01 Å². The van der Waals surface area contributed by atoms with E-state index in [0.717, 1.165) is 10.6 Å². The van der Waals surface area contributed by atoms with Crippen LogP contribution in [0.4, 0.5) is 15.8 Å². The monoisotopic (exact) mass is 749 g/mol. The van der Waals surface area contributed by atoms with Crippen LogP contribution in [-0.2, 0) is 31.0 Å². The van der Waals surface area contributed by atoms with Gasteiger partial charge < -0.3 is 5.11 Å². The average molecular weight is 751 g/mol. The molecule has 4 aliphatic rings. The number of rotatable bonds is 7. The molecule has 0 aromatic heterocycles. The van der Waals surface area contributed by atoms with Gasteiger partial charge in [-0.1, -0.05) is 77.3 Å². The first kappa shape index (κ1) is 34.8. The van der Waals surface area contributed by atoms with E-state index in [9.17, 15) is 23.9 Å². The third kappa shape index (κ3) is 5.23. The molecule has 0 spiro atoms.